The van der Waals surface area contributed by atoms with E-state index in [1.54, 1.807) is 5.56 Å². The summed E-state index contributed by atoms with van der Waals surface area (Å²) in [7, 11) is 0. The lowest BCUT2D eigenvalue weighted by atomic mass is 9.92. The first-order valence-corrected chi connectivity index (χ1v) is 8.11. The molecule has 0 fully saturated rings. The Morgan fingerprint density at radius 3 is 2.37 bits per heavy atom. The molecule has 0 aromatic heterocycles. The molecule has 1 rings (SSSR count). The second-order valence-electron chi connectivity index (χ2n) is 5.39. The summed E-state index contributed by atoms with van der Waals surface area (Å²) in [5.74, 6) is 0. The topological polar surface area (TPSA) is 12.0 Å². The van der Waals surface area contributed by atoms with Gasteiger partial charge in [0.15, 0.2) is 0 Å². The van der Waals surface area contributed by atoms with Crippen LogP contribution in [0.15, 0.2) is 18.2 Å². The van der Waals surface area contributed by atoms with Crippen LogP contribution in [-0.4, -0.2) is 6.54 Å². The van der Waals surface area contributed by atoms with Gasteiger partial charge < -0.3 is 5.32 Å². The van der Waals surface area contributed by atoms with Crippen molar-refractivity contribution in [2.75, 3.05) is 6.54 Å². The molecule has 0 amide bonds. The van der Waals surface area contributed by atoms with Crippen LogP contribution in [0, 0.1) is 0 Å². The normalized spacial score (nSPS) is 12.6. The maximum Gasteiger partial charge on any atom is 0.0323 e. The lowest BCUT2D eigenvalue weighted by Crippen LogP contribution is -2.23. The molecule has 108 valence electrons. The summed E-state index contributed by atoms with van der Waals surface area (Å²) in [6.07, 6.45) is 7.31. The predicted octanol–water partition coefficient (Wildman–Crippen LogP) is 5.04. The smallest absolute Gasteiger partial charge is 0.0323 e. The quantitative estimate of drug-likeness (QED) is 0.656. The van der Waals surface area contributed by atoms with Gasteiger partial charge in [-0.15, -0.1) is 0 Å². The van der Waals surface area contributed by atoms with Crippen molar-refractivity contribution in [3.05, 3.63) is 34.9 Å². The average Bonchev–Trinajstić information content (AvgIpc) is 2.47. The van der Waals surface area contributed by atoms with Crippen molar-refractivity contribution >= 4 is 0 Å². The van der Waals surface area contributed by atoms with Crippen LogP contribution in [0.3, 0.4) is 0 Å². The second-order valence-corrected chi connectivity index (χ2v) is 5.39. The van der Waals surface area contributed by atoms with Gasteiger partial charge in [0.25, 0.3) is 0 Å². The summed E-state index contributed by atoms with van der Waals surface area (Å²) in [5, 5.41) is 3.75. The van der Waals surface area contributed by atoms with E-state index >= 15 is 0 Å². The molecule has 1 heteroatoms. The molecule has 0 bridgehead atoms. The molecule has 0 saturated heterocycles. The molecule has 0 spiro atoms. The fraction of sp³-hybridized carbons (Fsp3) is 0.667. The number of rotatable bonds is 9. The maximum atomic E-state index is 3.75. The van der Waals surface area contributed by atoms with E-state index in [-0.39, 0.29) is 0 Å². The number of nitrogens with one attached hydrogen (secondary N) is 1. The van der Waals surface area contributed by atoms with Crippen molar-refractivity contribution in [2.24, 2.45) is 0 Å². The van der Waals surface area contributed by atoms with Gasteiger partial charge >= 0.3 is 0 Å². The van der Waals surface area contributed by atoms with Gasteiger partial charge in [-0.05, 0) is 48.9 Å². The average molecular weight is 261 g/mol. The third-order valence-electron chi connectivity index (χ3n) is 3.86. The number of aryl methyl sites for hydroxylation is 2. The molecular weight excluding hydrogens is 230 g/mol. The van der Waals surface area contributed by atoms with E-state index in [0.717, 1.165) is 19.4 Å². The molecule has 19 heavy (non-hydrogen) atoms. The Balaban J connectivity index is 2.96. The Kier molecular flexibility index (Phi) is 7.81. The van der Waals surface area contributed by atoms with E-state index in [0.29, 0.717) is 6.04 Å². The van der Waals surface area contributed by atoms with Crippen molar-refractivity contribution < 1.29 is 0 Å². The van der Waals surface area contributed by atoms with E-state index < -0.39 is 0 Å². The summed E-state index contributed by atoms with van der Waals surface area (Å²) < 4.78 is 0. The molecule has 1 nitrogen and oxygen atoms in total. The predicted molar refractivity (Wildman–Crippen MR) is 85.8 cm³/mol. The monoisotopic (exact) mass is 261 g/mol. The Morgan fingerprint density at radius 2 is 1.79 bits per heavy atom. The third-order valence-corrected chi connectivity index (χ3v) is 3.86. The van der Waals surface area contributed by atoms with Gasteiger partial charge in [-0.3, -0.25) is 0 Å². The number of benzene rings is 1. The van der Waals surface area contributed by atoms with Crippen molar-refractivity contribution in [2.45, 2.75) is 72.3 Å². The zero-order valence-corrected chi connectivity index (χ0v) is 13.3. The van der Waals surface area contributed by atoms with Crippen LogP contribution < -0.4 is 5.32 Å². The van der Waals surface area contributed by atoms with Crippen LogP contribution >= 0.6 is 0 Å². The highest BCUT2D eigenvalue weighted by Crippen LogP contribution is 2.25. The van der Waals surface area contributed by atoms with Gasteiger partial charge in [0.2, 0.25) is 0 Å². The molecule has 1 atom stereocenters. The van der Waals surface area contributed by atoms with Crippen LogP contribution in [0.25, 0.3) is 0 Å². The fourth-order valence-corrected chi connectivity index (χ4v) is 2.61. The molecule has 1 unspecified atom stereocenters. The molecular formula is C18H31N. The summed E-state index contributed by atoms with van der Waals surface area (Å²) in [5.41, 5.74) is 4.53. The summed E-state index contributed by atoms with van der Waals surface area (Å²) in [6, 6.07) is 7.60. The molecule has 1 aromatic carbocycles. The highest BCUT2D eigenvalue weighted by Gasteiger charge is 2.14. The minimum Gasteiger partial charge on any atom is -0.310 e. The molecule has 0 radical (unpaired) electrons. The fourth-order valence-electron chi connectivity index (χ4n) is 2.61. The summed E-state index contributed by atoms with van der Waals surface area (Å²) >= 11 is 0. The Morgan fingerprint density at radius 1 is 1.00 bits per heavy atom. The van der Waals surface area contributed by atoms with E-state index in [1.165, 1.54) is 36.8 Å². The number of unbranched alkanes of at least 4 members (excludes halogenated alkanes) is 1. The lowest BCUT2D eigenvalue weighted by molar-refractivity contribution is 0.478. The molecule has 0 aliphatic rings. The lowest BCUT2D eigenvalue weighted by Gasteiger charge is -2.22. The van der Waals surface area contributed by atoms with Gasteiger partial charge in [-0.1, -0.05) is 58.7 Å². The first-order chi connectivity index (χ1) is 9.26. The largest absolute Gasteiger partial charge is 0.310 e. The number of hydrogen-bond donors (Lipinski definition) is 1. The molecule has 0 aliphatic heterocycles. The minimum absolute atomic E-state index is 0.543. The minimum atomic E-state index is 0.543. The molecule has 0 heterocycles. The molecule has 1 aromatic rings. The zero-order valence-electron chi connectivity index (χ0n) is 13.3. The Hall–Kier alpha value is -0.820. The van der Waals surface area contributed by atoms with E-state index in [1.807, 2.05) is 0 Å². The van der Waals surface area contributed by atoms with Crippen LogP contribution in [0.1, 0.15) is 76.1 Å². The Bertz CT molecular complexity index is 349. The highest BCUT2D eigenvalue weighted by molar-refractivity contribution is 5.34. The van der Waals surface area contributed by atoms with E-state index in [2.05, 4.69) is 51.2 Å². The maximum absolute atomic E-state index is 3.75. The van der Waals surface area contributed by atoms with Crippen molar-refractivity contribution in [3.63, 3.8) is 0 Å². The van der Waals surface area contributed by atoms with Crippen molar-refractivity contribution in [1.29, 1.82) is 0 Å². The third kappa shape index (κ3) is 4.99. The van der Waals surface area contributed by atoms with Crippen LogP contribution in [0.2, 0.25) is 0 Å². The van der Waals surface area contributed by atoms with Crippen molar-refractivity contribution in [3.8, 4) is 0 Å². The summed E-state index contributed by atoms with van der Waals surface area (Å²) in [6.45, 7) is 10.1. The van der Waals surface area contributed by atoms with Crippen LogP contribution in [-0.2, 0) is 12.8 Å². The highest BCUT2D eigenvalue weighted by atomic mass is 14.9. The van der Waals surface area contributed by atoms with Crippen LogP contribution in [0.5, 0.6) is 0 Å². The second kappa shape index (κ2) is 9.14. The van der Waals surface area contributed by atoms with Crippen molar-refractivity contribution in [1.82, 2.24) is 5.32 Å². The summed E-state index contributed by atoms with van der Waals surface area (Å²) in [4.78, 5) is 0. The first-order valence-electron chi connectivity index (χ1n) is 8.11. The molecule has 0 saturated carbocycles. The van der Waals surface area contributed by atoms with Gasteiger partial charge in [0.05, 0.1) is 0 Å². The SMILES string of the molecule is CCCCC(NCCC)c1cc(CC)ccc1CC. The Labute approximate surface area is 119 Å². The molecule has 1 N–H and O–H groups in total. The van der Waals surface area contributed by atoms with E-state index in [9.17, 15) is 0 Å². The zero-order chi connectivity index (χ0) is 14.1. The van der Waals surface area contributed by atoms with Gasteiger partial charge in [-0.2, -0.15) is 0 Å². The van der Waals surface area contributed by atoms with Crippen LogP contribution in [0.4, 0.5) is 0 Å². The van der Waals surface area contributed by atoms with E-state index in [4.69, 9.17) is 0 Å². The first kappa shape index (κ1) is 16.2. The van der Waals surface area contributed by atoms with Gasteiger partial charge in [0, 0.05) is 6.04 Å². The number of hydrogen-bond acceptors (Lipinski definition) is 1. The van der Waals surface area contributed by atoms with Gasteiger partial charge in [0.1, 0.15) is 0 Å². The standard InChI is InChI=1S/C18H31N/c1-5-9-10-18(19-13-6-2)17-14-15(7-3)11-12-16(17)8-4/h11-12,14,18-19H,5-10,13H2,1-4H3. The van der Waals surface area contributed by atoms with Gasteiger partial charge in [-0.25, -0.2) is 0 Å². The molecule has 0 aliphatic carbocycles.